The van der Waals surface area contributed by atoms with Crippen molar-refractivity contribution in [2.24, 2.45) is 0 Å². The Morgan fingerprint density at radius 1 is 0.385 bits per heavy atom. The first kappa shape index (κ1) is 62.3. The van der Waals surface area contributed by atoms with Gasteiger partial charge in [0.25, 0.3) is 0 Å². The largest absolute Gasteiger partial charge is 0.394 e. The zero-order valence-corrected chi connectivity index (χ0v) is 43.0. The molecule has 2 unspecified atom stereocenters. The third-order valence-corrected chi connectivity index (χ3v) is 12.3. The molecule has 2 atom stereocenters. The highest BCUT2D eigenvalue weighted by atomic mass is 16.3. The van der Waals surface area contributed by atoms with Crippen LogP contribution in [0.2, 0.25) is 0 Å². The van der Waals surface area contributed by atoms with Crippen LogP contribution in [0, 0.1) is 0 Å². The number of rotatable bonds is 50. The number of amides is 1. The van der Waals surface area contributed by atoms with Gasteiger partial charge in [0.2, 0.25) is 5.91 Å². The number of nitrogens with one attached hydrogen (secondary N) is 1. The van der Waals surface area contributed by atoms with E-state index in [9.17, 15) is 15.0 Å². The van der Waals surface area contributed by atoms with E-state index in [1.165, 1.54) is 167 Å². The maximum atomic E-state index is 12.4. The minimum atomic E-state index is -0.889. The minimum Gasteiger partial charge on any atom is -0.394 e. The van der Waals surface area contributed by atoms with Crippen LogP contribution in [0.25, 0.3) is 0 Å². The van der Waals surface area contributed by atoms with Crippen molar-refractivity contribution in [3.05, 3.63) is 97.2 Å². The molecule has 0 fully saturated rings. The molecule has 0 aliphatic rings. The molecular formula is C61H107NO3. The molecule has 0 aromatic carbocycles. The molecule has 65 heavy (non-hydrogen) atoms. The van der Waals surface area contributed by atoms with Crippen LogP contribution >= 0.6 is 0 Å². The number of allylic oxidation sites excluding steroid dienone is 15. The molecule has 0 aromatic heterocycles. The van der Waals surface area contributed by atoms with Crippen molar-refractivity contribution in [2.45, 2.75) is 276 Å². The normalized spacial score (nSPS) is 13.6. The topological polar surface area (TPSA) is 69.6 Å². The summed E-state index contributed by atoms with van der Waals surface area (Å²) in [6.45, 7) is 4.18. The summed E-state index contributed by atoms with van der Waals surface area (Å²) in [4.78, 5) is 12.4. The van der Waals surface area contributed by atoms with E-state index in [2.05, 4.69) is 104 Å². The Labute approximate surface area is 404 Å². The fraction of sp³-hybridized carbons (Fsp3) is 0.721. The maximum absolute atomic E-state index is 12.4. The third kappa shape index (κ3) is 52.1. The highest BCUT2D eigenvalue weighted by Crippen LogP contribution is 2.16. The molecular weight excluding hydrogens is 795 g/mol. The lowest BCUT2D eigenvalue weighted by atomic mass is 10.0. The van der Waals surface area contributed by atoms with Gasteiger partial charge in [-0.15, -0.1) is 0 Å². The Bertz CT molecular complexity index is 1210. The van der Waals surface area contributed by atoms with Gasteiger partial charge in [0.15, 0.2) is 0 Å². The standard InChI is InChI=1S/C61H107NO3/c1-3-5-7-9-11-13-15-17-19-21-23-25-26-27-28-29-30-31-32-33-34-35-37-38-40-42-44-46-48-50-52-54-56-60(64)59(58-63)62-61(65)57-55-53-51-49-47-45-43-41-39-36-24-22-20-18-16-14-12-10-8-6-4-2/h6,8,12,14,18,20,24,36,41,43,46-49,54,56,59-60,63-64H,3-5,7,9-11,13,15-17,19,21-23,25-35,37-40,42,44-45,50-53,55,57-58H2,1-2H3,(H,62,65)/b8-6-,14-12-,20-18-,36-24-,43-41-,48-46+,49-47-,56-54+. The van der Waals surface area contributed by atoms with E-state index < -0.39 is 12.1 Å². The molecule has 0 aliphatic heterocycles. The fourth-order valence-electron chi connectivity index (χ4n) is 8.08. The van der Waals surface area contributed by atoms with E-state index in [4.69, 9.17) is 0 Å². The molecule has 0 aliphatic carbocycles. The quantitative estimate of drug-likeness (QED) is 0.0421. The zero-order valence-electron chi connectivity index (χ0n) is 43.0. The predicted molar refractivity (Wildman–Crippen MR) is 290 cm³/mol. The van der Waals surface area contributed by atoms with Gasteiger partial charge in [-0.05, 0) is 83.5 Å². The number of hydrogen-bond donors (Lipinski definition) is 3. The van der Waals surface area contributed by atoms with E-state index in [1.807, 2.05) is 6.08 Å². The molecule has 4 nitrogen and oxygen atoms in total. The van der Waals surface area contributed by atoms with Gasteiger partial charge in [-0.1, -0.05) is 272 Å². The fourth-order valence-corrected chi connectivity index (χ4v) is 8.08. The molecule has 0 saturated heterocycles. The van der Waals surface area contributed by atoms with Crippen LogP contribution in [-0.2, 0) is 4.79 Å². The van der Waals surface area contributed by atoms with Crippen LogP contribution < -0.4 is 5.32 Å². The van der Waals surface area contributed by atoms with Gasteiger partial charge in [0.1, 0.15) is 0 Å². The lowest BCUT2D eigenvalue weighted by Crippen LogP contribution is -2.45. The van der Waals surface area contributed by atoms with E-state index in [1.54, 1.807) is 6.08 Å². The summed E-state index contributed by atoms with van der Waals surface area (Å²) in [6.07, 6.45) is 82.9. The van der Waals surface area contributed by atoms with Crippen molar-refractivity contribution in [2.75, 3.05) is 6.61 Å². The molecule has 0 radical (unpaired) electrons. The van der Waals surface area contributed by atoms with Crippen LogP contribution in [0.15, 0.2) is 97.2 Å². The summed E-state index contributed by atoms with van der Waals surface area (Å²) >= 11 is 0. The molecule has 4 heteroatoms. The molecule has 3 N–H and O–H groups in total. The van der Waals surface area contributed by atoms with Gasteiger partial charge >= 0.3 is 0 Å². The van der Waals surface area contributed by atoms with Crippen LogP contribution in [0.3, 0.4) is 0 Å². The molecule has 374 valence electrons. The smallest absolute Gasteiger partial charge is 0.220 e. The molecule has 0 spiro atoms. The van der Waals surface area contributed by atoms with Gasteiger partial charge < -0.3 is 15.5 Å². The van der Waals surface area contributed by atoms with Gasteiger partial charge in [0, 0.05) is 6.42 Å². The Morgan fingerprint density at radius 2 is 0.692 bits per heavy atom. The van der Waals surface area contributed by atoms with Gasteiger partial charge in [-0.25, -0.2) is 0 Å². The van der Waals surface area contributed by atoms with E-state index in [0.29, 0.717) is 6.42 Å². The van der Waals surface area contributed by atoms with Crippen molar-refractivity contribution in [1.29, 1.82) is 0 Å². The summed E-state index contributed by atoms with van der Waals surface area (Å²) in [5.41, 5.74) is 0. The zero-order chi connectivity index (χ0) is 47.0. The Morgan fingerprint density at radius 3 is 1.08 bits per heavy atom. The Hall–Kier alpha value is -2.69. The first-order valence-corrected chi connectivity index (χ1v) is 28.0. The third-order valence-electron chi connectivity index (χ3n) is 12.3. The van der Waals surface area contributed by atoms with Gasteiger partial charge in [0.05, 0.1) is 18.8 Å². The second-order valence-electron chi connectivity index (χ2n) is 18.6. The molecule has 0 rings (SSSR count). The maximum Gasteiger partial charge on any atom is 0.220 e. The molecule has 0 aromatic rings. The van der Waals surface area contributed by atoms with Crippen molar-refractivity contribution >= 4 is 5.91 Å². The highest BCUT2D eigenvalue weighted by Gasteiger charge is 2.17. The summed E-state index contributed by atoms with van der Waals surface area (Å²) in [6, 6.07) is -0.670. The SMILES string of the molecule is CC/C=C\C/C=C\C/C=C\C/C=C\C/C=C\C/C=C\CCCCC(=O)NC(CO)C(O)/C=C/CC/C=C/CCCCCCCCCCCCCCCCCCCCCCCCCCCC. The number of unbranched alkanes of at least 4 members (excludes halogenated alkanes) is 29. The summed E-state index contributed by atoms with van der Waals surface area (Å²) < 4.78 is 0. The summed E-state index contributed by atoms with van der Waals surface area (Å²) in [7, 11) is 0. The van der Waals surface area contributed by atoms with Gasteiger partial charge in [-0.2, -0.15) is 0 Å². The van der Waals surface area contributed by atoms with Crippen molar-refractivity contribution in [3.63, 3.8) is 0 Å². The number of hydrogen-bond acceptors (Lipinski definition) is 3. The monoisotopic (exact) mass is 902 g/mol. The van der Waals surface area contributed by atoms with E-state index >= 15 is 0 Å². The van der Waals surface area contributed by atoms with E-state index in [-0.39, 0.29) is 12.5 Å². The number of aliphatic hydroxyl groups is 2. The molecule has 1 amide bonds. The molecule has 0 saturated carbocycles. The van der Waals surface area contributed by atoms with Crippen LogP contribution in [0.4, 0.5) is 0 Å². The Kier molecular flexibility index (Phi) is 53.3. The average molecular weight is 903 g/mol. The predicted octanol–water partition coefficient (Wildman–Crippen LogP) is 18.5. The van der Waals surface area contributed by atoms with Crippen LogP contribution in [-0.4, -0.2) is 34.9 Å². The average Bonchev–Trinajstić information content (AvgIpc) is 3.31. The van der Waals surface area contributed by atoms with Crippen molar-refractivity contribution < 1.29 is 15.0 Å². The number of carbonyl (C=O) groups is 1. The summed E-state index contributed by atoms with van der Waals surface area (Å²) in [5.74, 6) is -0.117. The van der Waals surface area contributed by atoms with Crippen molar-refractivity contribution in [1.82, 2.24) is 5.32 Å². The molecule has 0 bridgehead atoms. The second kappa shape index (κ2) is 55.6. The lowest BCUT2D eigenvalue weighted by Gasteiger charge is -2.19. The lowest BCUT2D eigenvalue weighted by molar-refractivity contribution is -0.123. The van der Waals surface area contributed by atoms with Crippen LogP contribution in [0.5, 0.6) is 0 Å². The first-order valence-electron chi connectivity index (χ1n) is 28.0. The Balaban J connectivity index is 3.60. The number of carbonyl (C=O) groups excluding carboxylic acids is 1. The summed E-state index contributed by atoms with van der Waals surface area (Å²) in [5, 5.41) is 23.1. The first-order chi connectivity index (χ1) is 32.2. The van der Waals surface area contributed by atoms with Gasteiger partial charge in [-0.3, -0.25) is 4.79 Å². The minimum absolute atomic E-state index is 0.117. The highest BCUT2D eigenvalue weighted by molar-refractivity contribution is 5.76. The van der Waals surface area contributed by atoms with Crippen molar-refractivity contribution in [3.8, 4) is 0 Å². The van der Waals surface area contributed by atoms with Crippen LogP contribution in [0.1, 0.15) is 264 Å². The number of aliphatic hydroxyl groups excluding tert-OH is 2. The molecule has 0 heterocycles. The van der Waals surface area contributed by atoms with E-state index in [0.717, 1.165) is 77.0 Å². The second-order valence-corrected chi connectivity index (χ2v) is 18.6.